The van der Waals surface area contributed by atoms with Gasteiger partial charge >= 0.3 is 0 Å². The zero-order valence-corrected chi connectivity index (χ0v) is 24.3. The molecule has 2 atom stereocenters. The molecule has 0 spiro atoms. The Bertz CT molecular complexity index is 1800. The number of fused-ring (bicyclic) bond motifs is 1. The predicted octanol–water partition coefficient (Wildman–Crippen LogP) is 4.92. The Morgan fingerprint density at radius 3 is 2.41 bits per heavy atom. The average molecular weight is 580 g/mol. The summed E-state index contributed by atoms with van der Waals surface area (Å²) in [4.78, 5) is 22.0. The van der Waals surface area contributed by atoms with Gasteiger partial charge in [0.1, 0.15) is 21.5 Å². The van der Waals surface area contributed by atoms with Crippen LogP contribution in [-0.4, -0.2) is 45.2 Å². The number of benzene rings is 1. The van der Waals surface area contributed by atoms with Crippen LogP contribution in [0.25, 0.3) is 22.6 Å². The van der Waals surface area contributed by atoms with Gasteiger partial charge in [0, 0.05) is 36.8 Å². The summed E-state index contributed by atoms with van der Waals surface area (Å²) < 4.78 is 53.6. The minimum absolute atomic E-state index is 0.0398. The number of sulfone groups is 1. The summed E-state index contributed by atoms with van der Waals surface area (Å²) >= 11 is 0. The highest BCUT2D eigenvalue weighted by atomic mass is 32.2. The Morgan fingerprint density at radius 2 is 1.76 bits per heavy atom. The Morgan fingerprint density at radius 1 is 1.05 bits per heavy atom. The van der Waals surface area contributed by atoms with Crippen molar-refractivity contribution in [3.05, 3.63) is 93.8 Å². The lowest BCUT2D eigenvalue weighted by Gasteiger charge is -2.49. The second kappa shape index (κ2) is 10.2. The fourth-order valence-corrected chi connectivity index (χ4v) is 6.30. The van der Waals surface area contributed by atoms with Crippen LogP contribution in [0.5, 0.6) is 0 Å². The summed E-state index contributed by atoms with van der Waals surface area (Å²) in [5.41, 5.74) is 1.13. The van der Waals surface area contributed by atoms with E-state index < -0.39 is 26.9 Å². The van der Waals surface area contributed by atoms with Gasteiger partial charge in [0.2, 0.25) is 0 Å². The van der Waals surface area contributed by atoms with E-state index in [1.165, 1.54) is 35.0 Å². The number of halogens is 2. The van der Waals surface area contributed by atoms with E-state index in [-0.39, 0.29) is 40.4 Å². The highest BCUT2D eigenvalue weighted by molar-refractivity contribution is 7.90. The van der Waals surface area contributed by atoms with Gasteiger partial charge in [-0.2, -0.15) is 5.10 Å². The van der Waals surface area contributed by atoms with E-state index in [1.807, 2.05) is 13.0 Å². The van der Waals surface area contributed by atoms with Crippen LogP contribution in [0.2, 0.25) is 0 Å². The first kappa shape index (κ1) is 28.7. The third-order valence-electron chi connectivity index (χ3n) is 8.34. The fraction of sp³-hybridized carbons (Fsp3) is 0.367. The molecule has 3 aromatic heterocycles. The number of aryl methyl sites for hydroxylation is 1. The number of hydrogen-bond donors (Lipinski definition) is 0. The molecule has 3 heterocycles. The minimum atomic E-state index is -3.22. The zero-order valence-electron chi connectivity index (χ0n) is 23.5. The van der Waals surface area contributed by atoms with Crippen molar-refractivity contribution >= 4 is 9.84 Å². The molecule has 0 N–H and O–H groups in total. The zero-order chi connectivity index (χ0) is 29.7. The van der Waals surface area contributed by atoms with Crippen molar-refractivity contribution in [2.45, 2.75) is 52.0 Å². The van der Waals surface area contributed by atoms with Crippen molar-refractivity contribution < 1.29 is 17.2 Å². The quantitative estimate of drug-likeness (QED) is 0.319. The van der Waals surface area contributed by atoms with Gasteiger partial charge < -0.3 is 4.57 Å². The number of aromatic nitrogens is 5. The Labute approximate surface area is 237 Å². The maximum Gasteiger partial charge on any atom is 0.251 e. The van der Waals surface area contributed by atoms with Crippen molar-refractivity contribution in [1.82, 2.24) is 24.7 Å². The van der Waals surface area contributed by atoms with Gasteiger partial charge in [-0.25, -0.2) is 27.2 Å². The molecule has 11 heteroatoms. The molecule has 1 aromatic carbocycles. The third kappa shape index (κ3) is 5.18. The molecule has 0 aliphatic heterocycles. The fourth-order valence-electron chi connectivity index (χ4n) is 5.78. The lowest BCUT2D eigenvalue weighted by atomic mass is 9.54. The Hall–Kier alpha value is -3.86. The van der Waals surface area contributed by atoms with Gasteiger partial charge in [0.25, 0.3) is 5.56 Å². The van der Waals surface area contributed by atoms with Crippen molar-refractivity contribution in [3.8, 4) is 22.6 Å². The predicted molar refractivity (Wildman–Crippen MR) is 152 cm³/mol. The molecule has 5 rings (SSSR count). The normalized spacial score (nSPS) is 20.0. The van der Waals surface area contributed by atoms with E-state index in [1.54, 1.807) is 18.3 Å². The van der Waals surface area contributed by atoms with Crippen molar-refractivity contribution in [1.29, 1.82) is 0 Å². The monoisotopic (exact) mass is 579 g/mol. The SMILES string of the molecule is C[C@@H]1CC(C)(C)[C@@](C)(c2ccnc(-c3ccn(CCS(C)(=O)=O)c(=O)c3)n2)c2nnc(-c3c(F)cccc3F)cc21. The van der Waals surface area contributed by atoms with Gasteiger partial charge in [-0.05, 0) is 60.6 Å². The molecule has 41 heavy (non-hydrogen) atoms. The lowest BCUT2D eigenvalue weighted by molar-refractivity contribution is 0.158. The first-order valence-electron chi connectivity index (χ1n) is 13.3. The number of hydrogen-bond acceptors (Lipinski definition) is 7. The van der Waals surface area contributed by atoms with Gasteiger partial charge in [0.05, 0.1) is 33.8 Å². The summed E-state index contributed by atoms with van der Waals surface area (Å²) in [6.07, 6.45) is 5.04. The maximum atomic E-state index is 14.6. The molecule has 0 bridgehead atoms. The minimum Gasteiger partial charge on any atom is -0.314 e. The number of nitrogens with zero attached hydrogens (tertiary/aromatic N) is 5. The van der Waals surface area contributed by atoms with Crippen LogP contribution in [0.15, 0.2) is 59.7 Å². The largest absolute Gasteiger partial charge is 0.314 e. The van der Waals surface area contributed by atoms with E-state index in [0.29, 0.717) is 22.8 Å². The molecule has 1 aliphatic rings. The van der Waals surface area contributed by atoms with Crippen LogP contribution in [0, 0.1) is 17.0 Å². The van der Waals surface area contributed by atoms with Crippen molar-refractivity contribution in [2.24, 2.45) is 5.41 Å². The molecule has 0 unspecified atom stereocenters. The molecule has 0 saturated carbocycles. The van der Waals surface area contributed by atoms with Crippen molar-refractivity contribution in [3.63, 3.8) is 0 Å². The van der Waals surface area contributed by atoms with Crippen LogP contribution < -0.4 is 5.56 Å². The number of pyridine rings is 1. The maximum absolute atomic E-state index is 14.6. The summed E-state index contributed by atoms with van der Waals surface area (Å²) in [6, 6.07) is 10.3. The van der Waals surface area contributed by atoms with Gasteiger partial charge in [-0.15, -0.1) is 5.10 Å². The Balaban J connectivity index is 1.59. The second-order valence-electron chi connectivity index (χ2n) is 11.6. The molecule has 1 aliphatic carbocycles. The molecule has 8 nitrogen and oxygen atoms in total. The summed E-state index contributed by atoms with van der Waals surface area (Å²) in [6.45, 7) is 8.41. The lowest BCUT2D eigenvalue weighted by Crippen LogP contribution is -2.47. The molecule has 4 aromatic rings. The van der Waals surface area contributed by atoms with E-state index in [4.69, 9.17) is 4.98 Å². The van der Waals surface area contributed by atoms with Crippen LogP contribution in [0.3, 0.4) is 0 Å². The van der Waals surface area contributed by atoms with Crippen LogP contribution >= 0.6 is 0 Å². The van der Waals surface area contributed by atoms with Gasteiger partial charge in [-0.1, -0.05) is 26.8 Å². The van der Waals surface area contributed by atoms with E-state index in [0.717, 1.165) is 18.2 Å². The molecule has 0 fully saturated rings. The van der Waals surface area contributed by atoms with E-state index >= 15 is 0 Å². The molecular weight excluding hydrogens is 548 g/mol. The smallest absolute Gasteiger partial charge is 0.251 e. The summed E-state index contributed by atoms with van der Waals surface area (Å²) in [5, 5.41) is 8.86. The summed E-state index contributed by atoms with van der Waals surface area (Å²) in [7, 11) is -3.22. The molecular formula is C30H31F2N5O3S. The van der Waals surface area contributed by atoms with Gasteiger partial charge in [0.15, 0.2) is 5.82 Å². The summed E-state index contributed by atoms with van der Waals surface area (Å²) in [5.74, 6) is -1.17. The average Bonchev–Trinajstić information content (AvgIpc) is 2.90. The van der Waals surface area contributed by atoms with Crippen LogP contribution in [0.1, 0.15) is 57.0 Å². The molecule has 214 valence electrons. The molecule has 0 amide bonds. The third-order valence-corrected chi connectivity index (χ3v) is 9.27. The van der Waals surface area contributed by atoms with Crippen LogP contribution in [-0.2, 0) is 21.8 Å². The first-order chi connectivity index (χ1) is 19.2. The molecule has 0 radical (unpaired) electrons. The Kier molecular flexibility index (Phi) is 7.13. The number of rotatable bonds is 6. The standard InChI is InChI=1S/C30H31F2N5O3S/c1-18-17-29(2,3)30(4,27-20(18)16-23(35-36-27)26-21(31)7-6-8-22(26)32)24-9-11-33-28(34-24)19-10-12-37(25(38)15-19)13-14-41(5,39)40/h6-12,15-16,18H,13-14,17H2,1-5H3/t18-,30+/m1/s1. The van der Waals surface area contributed by atoms with Crippen LogP contribution in [0.4, 0.5) is 8.78 Å². The highest BCUT2D eigenvalue weighted by Gasteiger charge is 2.52. The van der Waals surface area contributed by atoms with Crippen molar-refractivity contribution in [2.75, 3.05) is 12.0 Å². The molecule has 0 saturated heterocycles. The topological polar surface area (TPSA) is 108 Å². The highest BCUT2D eigenvalue weighted by Crippen LogP contribution is 2.56. The first-order valence-corrected chi connectivity index (χ1v) is 15.3. The van der Waals surface area contributed by atoms with Gasteiger partial charge in [-0.3, -0.25) is 4.79 Å². The van der Waals surface area contributed by atoms with E-state index in [2.05, 4.69) is 36.0 Å². The second-order valence-corrected chi connectivity index (χ2v) is 13.8. The van der Waals surface area contributed by atoms with E-state index in [9.17, 15) is 22.0 Å².